The number of carboxylic acid groups (broad SMARTS) is 1. The van der Waals surface area contributed by atoms with Crippen molar-refractivity contribution in [3.05, 3.63) is 29.6 Å². The van der Waals surface area contributed by atoms with Gasteiger partial charge in [-0.05, 0) is 32.3 Å². The predicted molar refractivity (Wildman–Crippen MR) is 100 cm³/mol. The van der Waals surface area contributed by atoms with Crippen molar-refractivity contribution in [2.75, 3.05) is 59.0 Å². The monoisotopic (exact) mass is 393 g/mol. The van der Waals surface area contributed by atoms with Gasteiger partial charge in [0.25, 0.3) is 0 Å². The van der Waals surface area contributed by atoms with Crippen molar-refractivity contribution in [3.63, 3.8) is 0 Å². The van der Waals surface area contributed by atoms with Gasteiger partial charge in [0.15, 0.2) is 28.7 Å². The summed E-state index contributed by atoms with van der Waals surface area (Å²) >= 11 is 0. The van der Waals surface area contributed by atoms with Crippen LogP contribution in [0.4, 0.5) is 10.2 Å². The predicted octanol–water partition coefficient (Wildman–Crippen LogP) is 2.20. The Labute approximate surface area is 162 Å². The Morgan fingerprint density at radius 2 is 2.25 bits per heavy atom. The first-order valence-electron chi connectivity index (χ1n) is 8.95. The van der Waals surface area contributed by atoms with Crippen LogP contribution < -0.4 is 9.64 Å². The molecule has 1 fully saturated rings. The van der Waals surface area contributed by atoms with Gasteiger partial charge >= 0.3 is 5.97 Å². The number of hydrogen-bond acceptors (Lipinski definition) is 7. The summed E-state index contributed by atoms with van der Waals surface area (Å²) < 4.78 is 29.8. The summed E-state index contributed by atoms with van der Waals surface area (Å²) in [6.45, 7) is 2.96. The van der Waals surface area contributed by atoms with Gasteiger partial charge in [-0.25, -0.2) is 9.18 Å². The lowest BCUT2D eigenvalue weighted by atomic mass is 10.1. The van der Waals surface area contributed by atoms with Crippen LogP contribution in [0.5, 0.6) is 5.75 Å². The Kier molecular flexibility index (Phi) is 6.15. The SMILES string of the molecule is COc1cc(-c2onc(N3CCOCC(CN(C)C)C3)c2C(=O)O)ccc1F. The fraction of sp³-hybridized carbons (Fsp3) is 0.474. The summed E-state index contributed by atoms with van der Waals surface area (Å²) in [5.41, 5.74) is 0.324. The van der Waals surface area contributed by atoms with E-state index < -0.39 is 11.8 Å². The number of anilines is 1. The molecule has 0 aliphatic carbocycles. The maximum atomic E-state index is 13.7. The zero-order chi connectivity index (χ0) is 20.3. The van der Waals surface area contributed by atoms with Crippen LogP contribution in [0.2, 0.25) is 0 Å². The summed E-state index contributed by atoms with van der Waals surface area (Å²) in [5.74, 6) is -1.19. The number of nitrogens with zero attached hydrogens (tertiary/aromatic N) is 3. The van der Waals surface area contributed by atoms with E-state index in [1.807, 2.05) is 19.0 Å². The lowest BCUT2D eigenvalue weighted by Crippen LogP contribution is -2.35. The molecule has 8 nitrogen and oxygen atoms in total. The van der Waals surface area contributed by atoms with Gasteiger partial charge in [-0.2, -0.15) is 0 Å². The Morgan fingerprint density at radius 3 is 2.93 bits per heavy atom. The third-order valence-electron chi connectivity index (χ3n) is 4.56. The van der Waals surface area contributed by atoms with Crippen molar-refractivity contribution in [2.24, 2.45) is 5.92 Å². The molecule has 0 saturated carbocycles. The minimum atomic E-state index is -1.16. The van der Waals surface area contributed by atoms with Gasteiger partial charge in [0.1, 0.15) is 0 Å². The van der Waals surface area contributed by atoms with Gasteiger partial charge in [0.05, 0.1) is 20.3 Å². The van der Waals surface area contributed by atoms with Crippen LogP contribution in [0.3, 0.4) is 0 Å². The minimum absolute atomic E-state index is 0.000934. The number of halogens is 1. The molecule has 9 heteroatoms. The van der Waals surface area contributed by atoms with Gasteiger partial charge in [0.2, 0.25) is 0 Å². The van der Waals surface area contributed by atoms with Crippen molar-refractivity contribution in [1.29, 1.82) is 0 Å². The third kappa shape index (κ3) is 4.26. The largest absolute Gasteiger partial charge is 0.494 e. The molecule has 28 heavy (non-hydrogen) atoms. The van der Waals surface area contributed by atoms with Crippen molar-refractivity contribution < 1.29 is 28.3 Å². The molecule has 2 heterocycles. The first-order valence-corrected chi connectivity index (χ1v) is 8.95. The number of carboxylic acids is 1. The molecule has 3 rings (SSSR count). The molecule has 0 spiro atoms. The summed E-state index contributed by atoms with van der Waals surface area (Å²) in [6.07, 6.45) is 0. The van der Waals surface area contributed by atoms with Crippen LogP contribution in [0.25, 0.3) is 11.3 Å². The molecule has 1 aromatic heterocycles. The number of aromatic carboxylic acids is 1. The number of carbonyl (C=O) groups is 1. The molecule has 1 N–H and O–H groups in total. The second kappa shape index (κ2) is 8.57. The molecule has 1 aromatic carbocycles. The van der Waals surface area contributed by atoms with Crippen molar-refractivity contribution in [2.45, 2.75) is 0 Å². The molecular formula is C19H24FN3O5. The van der Waals surface area contributed by atoms with Crippen LogP contribution >= 0.6 is 0 Å². The molecule has 1 aliphatic rings. The van der Waals surface area contributed by atoms with Crippen LogP contribution in [-0.4, -0.2) is 75.2 Å². The second-order valence-corrected chi connectivity index (χ2v) is 7.01. The first-order chi connectivity index (χ1) is 13.4. The van der Waals surface area contributed by atoms with E-state index in [1.165, 1.54) is 25.3 Å². The molecule has 0 radical (unpaired) electrons. The van der Waals surface area contributed by atoms with Crippen LogP contribution in [-0.2, 0) is 4.74 Å². The molecule has 1 atom stereocenters. The zero-order valence-electron chi connectivity index (χ0n) is 16.1. The molecule has 1 saturated heterocycles. The van der Waals surface area contributed by atoms with Crippen molar-refractivity contribution in [1.82, 2.24) is 10.1 Å². The van der Waals surface area contributed by atoms with E-state index in [1.54, 1.807) is 0 Å². The minimum Gasteiger partial charge on any atom is -0.494 e. The Hall–Kier alpha value is -2.65. The first kappa shape index (κ1) is 20.1. The molecule has 0 amide bonds. The highest BCUT2D eigenvalue weighted by Crippen LogP contribution is 2.34. The summed E-state index contributed by atoms with van der Waals surface area (Å²) in [7, 11) is 5.30. The maximum absolute atomic E-state index is 13.7. The van der Waals surface area contributed by atoms with E-state index in [-0.39, 0.29) is 28.8 Å². The number of aromatic nitrogens is 1. The summed E-state index contributed by atoms with van der Waals surface area (Å²) in [4.78, 5) is 16.0. The highest BCUT2D eigenvalue weighted by Gasteiger charge is 2.30. The van der Waals surface area contributed by atoms with Crippen molar-refractivity contribution in [3.8, 4) is 17.1 Å². The van der Waals surface area contributed by atoms with Gasteiger partial charge in [-0.3, -0.25) is 0 Å². The van der Waals surface area contributed by atoms with E-state index in [0.29, 0.717) is 31.9 Å². The van der Waals surface area contributed by atoms with E-state index in [0.717, 1.165) is 6.54 Å². The molecule has 1 aliphatic heterocycles. The van der Waals surface area contributed by atoms with E-state index in [9.17, 15) is 14.3 Å². The van der Waals surface area contributed by atoms with Gasteiger partial charge < -0.3 is 28.9 Å². The van der Waals surface area contributed by atoms with Crippen LogP contribution in [0.15, 0.2) is 22.7 Å². The zero-order valence-corrected chi connectivity index (χ0v) is 16.1. The molecule has 152 valence electrons. The molecule has 0 bridgehead atoms. The standard InChI is InChI=1S/C19H24FN3O5/c1-22(2)9-12-10-23(6-7-27-11-12)18-16(19(24)25)17(28-21-18)13-4-5-14(20)15(8-13)26-3/h4-5,8,12H,6-7,9-11H2,1-3H3,(H,24,25). The number of methoxy groups -OCH3 is 1. The lowest BCUT2D eigenvalue weighted by Gasteiger charge is -2.25. The Balaban J connectivity index is 1.97. The number of ether oxygens (including phenoxy) is 2. The van der Waals surface area contributed by atoms with E-state index >= 15 is 0 Å². The number of benzene rings is 1. The second-order valence-electron chi connectivity index (χ2n) is 7.01. The number of hydrogen-bond donors (Lipinski definition) is 1. The van der Waals surface area contributed by atoms with Gasteiger partial charge in [0, 0.05) is 31.1 Å². The van der Waals surface area contributed by atoms with Crippen LogP contribution in [0.1, 0.15) is 10.4 Å². The van der Waals surface area contributed by atoms with E-state index in [4.69, 9.17) is 14.0 Å². The normalized spacial score (nSPS) is 17.6. The van der Waals surface area contributed by atoms with Crippen LogP contribution in [0, 0.1) is 11.7 Å². The lowest BCUT2D eigenvalue weighted by molar-refractivity contribution is 0.0697. The maximum Gasteiger partial charge on any atom is 0.343 e. The van der Waals surface area contributed by atoms with E-state index in [2.05, 4.69) is 10.1 Å². The quantitative estimate of drug-likeness (QED) is 0.799. The highest BCUT2D eigenvalue weighted by atomic mass is 19.1. The van der Waals surface area contributed by atoms with Gasteiger partial charge in [-0.1, -0.05) is 5.16 Å². The Morgan fingerprint density at radius 1 is 1.46 bits per heavy atom. The summed E-state index contributed by atoms with van der Waals surface area (Å²) in [6, 6.07) is 4.04. The summed E-state index contributed by atoms with van der Waals surface area (Å²) in [5, 5.41) is 13.9. The van der Waals surface area contributed by atoms with Gasteiger partial charge in [-0.15, -0.1) is 0 Å². The molecule has 2 aromatic rings. The molecule has 1 unspecified atom stereocenters. The fourth-order valence-corrected chi connectivity index (χ4v) is 3.39. The third-order valence-corrected chi connectivity index (χ3v) is 4.56. The average molecular weight is 393 g/mol. The van der Waals surface area contributed by atoms with Crippen molar-refractivity contribution >= 4 is 11.8 Å². The smallest absolute Gasteiger partial charge is 0.343 e. The highest BCUT2D eigenvalue weighted by molar-refractivity contribution is 5.99. The number of rotatable bonds is 6. The topological polar surface area (TPSA) is 88.3 Å². The average Bonchev–Trinajstić information content (AvgIpc) is 2.97. The fourth-order valence-electron chi connectivity index (χ4n) is 3.39. The Bertz CT molecular complexity index is 839. The molecular weight excluding hydrogens is 369 g/mol.